The minimum atomic E-state index is -1.04. The van der Waals surface area contributed by atoms with Crippen molar-refractivity contribution < 1.29 is 9.90 Å². The van der Waals surface area contributed by atoms with Gasteiger partial charge in [0, 0.05) is 34.1 Å². The van der Waals surface area contributed by atoms with E-state index in [2.05, 4.69) is 15.6 Å². The van der Waals surface area contributed by atoms with Gasteiger partial charge >= 0.3 is 5.97 Å². The van der Waals surface area contributed by atoms with E-state index in [1.54, 1.807) is 18.2 Å². The minimum Gasteiger partial charge on any atom is -0.478 e. The fourth-order valence-electron chi connectivity index (χ4n) is 3.49. The molecule has 138 valence electrons. The van der Waals surface area contributed by atoms with E-state index in [1.807, 2.05) is 18.3 Å². The van der Waals surface area contributed by atoms with Gasteiger partial charge in [0.15, 0.2) is 0 Å². The number of pyridine rings is 1. The Balaban J connectivity index is 1.90. The van der Waals surface area contributed by atoms with Gasteiger partial charge in [-0.3, -0.25) is 4.98 Å². The normalized spacial score (nSPS) is 16.6. The van der Waals surface area contributed by atoms with Crippen LogP contribution in [0.1, 0.15) is 28.3 Å². The van der Waals surface area contributed by atoms with Crippen LogP contribution in [-0.2, 0) is 0 Å². The average Bonchev–Trinajstić information content (AvgIpc) is 3.17. The zero-order valence-corrected chi connectivity index (χ0v) is 15.8. The number of fused-ring (bicyclic) bond motifs is 1. The first-order valence-corrected chi connectivity index (χ1v) is 9.37. The van der Waals surface area contributed by atoms with Crippen molar-refractivity contribution >= 4 is 51.4 Å². The van der Waals surface area contributed by atoms with Crippen molar-refractivity contribution in [2.45, 2.75) is 12.3 Å². The van der Waals surface area contributed by atoms with Crippen molar-refractivity contribution in [1.29, 1.82) is 0 Å². The number of nitrogens with one attached hydrogen (secondary N) is 2. The molecule has 0 radical (unpaired) electrons. The molecule has 2 heterocycles. The fraction of sp³-hybridized carbons (Fsp3) is 0.200. The first-order chi connectivity index (χ1) is 13.0. The summed E-state index contributed by atoms with van der Waals surface area (Å²) in [6.07, 6.45) is 2.86. The Morgan fingerprint density at radius 3 is 2.70 bits per heavy atom. The highest BCUT2D eigenvalue weighted by molar-refractivity contribution is 6.31. The van der Waals surface area contributed by atoms with E-state index in [1.165, 1.54) is 6.07 Å². The molecule has 1 aliphatic rings. The molecule has 1 fully saturated rings. The maximum absolute atomic E-state index is 11.7. The zero-order chi connectivity index (χ0) is 19.0. The molecular formula is C20H17Cl2N3O2. The summed E-state index contributed by atoms with van der Waals surface area (Å²) in [5.41, 5.74) is 3.26. The fourth-order valence-corrected chi connectivity index (χ4v) is 3.83. The monoisotopic (exact) mass is 401 g/mol. The van der Waals surface area contributed by atoms with Gasteiger partial charge in [-0.05, 0) is 54.9 Å². The smallest absolute Gasteiger partial charge is 0.337 e. The lowest BCUT2D eigenvalue weighted by atomic mass is 9.95. The quantitative estimate of drug-likeness (QED) is 0.569. The number of hydrogen-bond acceptors (Lipinski definition) is 4. The van der Waals surface area contributed by atoms with Crippen molar-refractivity contribution in [3.8, 4) is 0 Å². The Morgan fingerprint density at radius 2 is 1.96 bits per heavy atom. The highest BCUT2D eigenvalue weighted by Crippen LogP contribution is 2.37. The Hall–Kier alpha value is -2.34. The Morgan fingerprint density at radius 1 is 1.19 bits per heavy atom. The third-order valence-electron chi connectivity index (χ3n) is 4.83. The highest BCUT2D eigenvalue weighted by atomic mass is 35.5. The third-order valence-corrected chi connectivity index (χ3v) is 5.30. The summed E-state index contributed by atoms with van der Waals surface area (Å²) in [5, 5.41) is 18.1. The SMILES string of the molecule is O=C(O)c1cc(Cl)ccc1Nc1c([C@@H]2CCNC2)cnc2ccc(Cl)cc12. The first kappa shape index (κ1) is 18.0. The number of rotatable bonds is 4. The van der Waals surface area contributed by atoms with Crippen molar-refractivity contribution in [1.82, 2.24) is 10.3 Å². The summed E-state index contributed by atoms with van der Waals surface area (Å²) >= 11 is 12.2. The van der Waals surface area contributed by atoms with Crippen LogP contribution in [0.3, 0.4) is 0 Å². The minimum absolute atomic E-state index is 0.116. The number of carboxylic acids is 1. The van der Waals surface area contributed by atoms with Crippen LogP contribution in [0.2, 0.25) is 10.0 Å². The molecule has 0 bridgehead atoms. The molecular weight excluding hydrogens is 385 g/mol. The van der Waals surface area contributed by atoms with Crippen molar-refractivity contribution in [2.24, 2.45) is 0 Å². The van der Waals surface area contributed by atoms with E-state index >= 15 is 0 Å². The van der Waals surface area contributed by atoms with Gasteiger partial charge in [0.2, 0.25) is 0 Å². The van der Waals surface area contributed by atoms with E-state index in [0.29, 0.717) is 21.7 Å². The Labute approximate surface area is 166 Å². The predicted molar refractivity (Wildman–Crippen MR) is 109 cm³/mol. The van der Waals surface area contributed by atoms with E-state index in [-0.39, 0.29) is 5.56 Å². The summed E-state index contributed by atoms with van der Waals surface area (Å²) in [6.45, 7) is 1.80. The number of nitrogens with zero attached hydrogens (tertiary/aromatic N) is 1. The van der Waals surface area contributed by atoms with Gasteiger partial charge in [-0.1, -0.05) is 23.2 Å². The van der Waals surface area contributed by atoms with Gasteiger partial charge in [0.25, 0.3) is 0 Å². The van der Waals surface area contributed by atoms with E-state index in [4.69, 9.17) is 23.2 Å². The molecule has 0 spiro atoms. The summed E-state index contributed by atoms with van der Waals surface area (Å²) in [4.78, 5) is 16.3. The van der Waals surface area contributed by atoms with Crippen LogP contribution in [-0.4, -0.2) is 29.1 Å². The number of aromatic carboxylic acids is 1. The van der Waals surface area contributed by atoms with Crippen LogP contribution in [0.5, 0.6) is 0 Å². The molecule has 1 aromatic heterocycles. The molecule has 7 heteroatoms. The third kappa shape index (κ3) is 3.58. The molecule has 2 aromatic carbocycles. The molecule has 3 aromatic rings. The van der Waals surface area contributed by atoms with E-state index in [0.717, 1.165) is 41.7 Å². The van der Waals surface area contributed by atoms with Gasteiger partial charge in [0.05, 0.1) is 22.5 Å². The number of halogens is 2. The second-order valence-electron chi connectivity index (χ2n) is 6.56. The maximum atomic E-state index is 11.7. The molecule has 5 nitrogen and oxygen atoms in total. The molecule has 3 N–H and O–H groups in total. The maximum Gasteiger partial charge on any atom is 0.337 e. The van der Waals surface area contributed by atoms with Gasteiger partial charge < -0.3 is 15.7 Å². The number of carbonyl (C=O) groups is 1. The topological polar surface area (TPSA) is 74.2 Å². The van der Waals surface area contributed by atoms with Gasteiger partial charge in [-0.25, -0.2) is 4.79 Å². The molecule has 1 aliphatic heterocycles. The lowest BCUT2D eigenvalue weighted by Gasteiger charge is -2.19. The lowest BCUT2D eigenvalue weighted by Crippen LogP contribution is -2.11. The van der Waals surface area contributed by atoms with E-state index < -0.39 is 5.97 Å². The van der Waals surface area contributed by atoms with Crippen LogP contribution >= 0.6 is 23.2 Å². The number of benzene rings is 2. The van der Waals surface area contributed by atoms with Crippen LogP contribution in [0.25, 0.3) is 10.9 Å². The predicted octanol–water partition coefficient (Wildman–Crippen LogP) is 5.06. The summed E-state index contributed by atoms with van der Waals surface area (Å²) < 4.78 is 0. The summed E-state index contributed by atoms with van der Waals surface area (Å²) in [7, 11) is 0. The number of aromatic nitrogens is 1. The van der Waals surface area contributed by atoms with E-state index in [9.17, 15) is 9.90 Å². The number of carboxylic acid groups (broad SMARTS) is 1. The second kappa shape index (κ2) is 7.35. The van der Waals surface area contributed by atoms with Crippen molar-refractivity contribution in [3.05, 3.63) is 63.8 Å². The molecule has 27 heavy (non-hydrogen) atoms. The molecule has 1 saturated heterocycles. The standard InChI is InChI=1S/C20H17Cl2N3O2/c21-12-1-3-17-14(7-12)19(16(10-24-17)11-5-6-23-9-11)25-18-4-2-13(22)8-15(18)20(26)27/h1-4,7-8,10-11,23H,5-6,9H2,(H,24,25)(H,26,27)/t11-/m1/s1. The summed E-state index contributed by atoms with van der Waals surface area (Å²) in [6, 6.07) is 10.3. The van der Waals surface area contributed by atoms with Crippen LogP contribution in [0, 0.1) is 0 Å². The first-order valence-electron chi connectivity index (χ1n) is 8.61. The molecule has 4 rings (SSSR count). The van der Waals surface area contributed by atoms with Crippen molar-refractivity contribution in [3.63, 3.8) is 0 Å². The Kier molecular flexibility index (Phi) is 4.91. The van der Waals surface area contributed by atoms with Crippen LogP contribution < -0.4 is 10.6 Å². The van der Waals surface area contributed by atoms with Gasteiger partial charge in [-0.15, -0.1) is 0 Å². The van der Waals surface area contributed by atoms with Crippen molar-refractivity contribution in [2.75, 3.05) is 18.4 Å². The molecule has 1 atom stereocenters. The van der Waals surface area contributed by atoms with Crippen LogP contribution in [0.4, 0.5) is 11.4 Å². The lowest BCUT2D eigenvalue weighted by molar-refractivity contribution is 0.0698. The van der Waals surface area contributed by atoms with Gasteiger partial charge in [0.1, 0.15) is 0 Å². The summed E-state index contributed by atoms with van der Waals surface area (Å²) in [5.74, 6) is -0.746. The number of hydrogen-bond donors (Lipinski definition) is 3. The Bertz CT molecular complexity index is 1030. The molecule has 0 aliphatic carbocycles. The highest BCUT2D eigenvalue weighted by Gasteiger charge is 2.23. The van der Waals surface area contributed by atoms with Crippen LogP contribution in [0.15, 0.2) is 42.6 Å². The average molecular weight is 402 g/mol. The molecule has 0 unspecified atom stereocenters. The largest absolute Gasteiger partial charge is 0.478 e. The zero-order valence-electron chi connectivity index (χ0n) is 14.3. The molecule has 0 amide bonds. The molecule has 0 saturated carbocycles. The van der Waals surface area contributed by atoms with Gasteiger partial charge in [-0.2, -0.15) is 0 Å². The second-order valence-corrected chi connectivity index (χ2v) is 7.43. The number of anilines is 2.